The minimum absolute atomic E-state index is 0.141. The molecule has 180 valence electrons. The zero-order chi connectivity index (χ0) is 23.7. The average molecular weight is 460 g/mol. The molecule has 2 aliphatic rings. The molecule has 0 saturated carbocycles. The highest BCUT2D eigenvalue weighted by molar-refractivity contribution is 5.79. The molecule has 2 aromatic heterocycles. The lowest BCUT2D eigenvalue weighted by Crippen LogP contribution is -2.43. The van der Waals surface area contributed by atoms with Crippen molar-refractivity contribution in [3.8, 4) is 11.4 Å². The normalized spacial score (nSPS) is 17.7. The Bertz CT molecular complexity index is 1110. The third-order valence-corrected chi connectivity index (χ3v) is 7.56. The molecule has 0 atom stereocenters. The number of benzene rings is 1. The number of likely N-dealkylation sites (tertiary alicyclic amines) is 1. The lowest BCUT2D eigenvalue weighted by Gasteiger charge is -2.36. The Hall–Kier alpha value is -3.02. The van der Waals surface area contributed by atoms with E-state index in [0.717, 1.165) is 74.7 Å². The fourth-order valence-corrected chi connectivity index (χ4v) is 5.71. The van der Waals surface area contributed by atoms with E-state index < -0.39 is 0 Å². The van der Waals surface area contributed by atoms with Crippen LogP contribution in [-0.2, 0) is 4.79 Å². The first-order valence-corrected chi connectivity index (χ1v) is 12.9. The zero-order valence-corrected chi connectivity index (χ0v) is 20.8. The first-order chi connectivity index (χ1) is 16.5. The van der Waals surface area contributed by atoms with Crippen molar-refractivity contribution < 1.29 is 4.79 Å². The molecular weight excluding hydrogens is 422 g/mol. The third-order valence-electron chi connectivity index (χ3n) is 7.56. The molecule has 2 fully saturated rings. The van der Waals surface area contributed by atoms with E-state index in [4.69, 9.17) is 5.10 Å². The van der Waals surface area contributed by atoms with Crippen LogP contribution in [0.2, 0.25) is 0 Å². The number of amides is 1. The summed E-state index contributed by atoms with van der Waals surface area (Å²) in [6.07, 6.45) is 6.62. The van der Waals surface area contributed by atoms with E-state index in [9.17, 15) is 4.79 Å². The fraction of sp³-hybridized carbons (Fsp3) is 0.500. The van der Waals surface area contributed by atoms with Crippen LogP contribution < -0.4 is 4.90 Å². The topological polar surface area (TPSA) is 46.3 Å². The summed E-state index contributed by atoms with van der Waals surface area (Å²) in [5.41, 5.74) is 5.66. The minimum Gasteiger partial charge on any atom is -0.355 e. The molecule has 2 saturated heterocycles. The molecule has 34 heavy (non-hydrogen) atoms. The van der Waals surface area contributed by atoms with Crippen molar-refractivity contribution in [1.82, 2.24) is 19.2 Å². The highest BCUT2D eigenvalue weighted by atomic mass is 16.2. The highest BCUT2D eigenvalue weighted by Gasteiger charge is 2.32. The van der Waals surface area contributed by atoms with Gasteiger partial charge in [0.15, 0.2) is 5.82 Å². The van der Waals surface area contributed by atoms with E-state index in [1.807, 2.05) is 6.07 Å². The molecule has 0 aliphatic carbocycles. The van der Waals surface area contributed by atoms with Gasteiger partial charge in [-0.15, -0.1) is 0 Å². The smallest absolute Gasteiger partial charge is 0.225 e. The Morgan fingerprint density at radius 2 is 1.44 bits per heavy atom. The second-order valence-electron chi connectivity index (χ2n) is 9.96. The molecule has 1 aromatic carbocycles. The van der Waals surface area contributed by atoms with Gasteiger partial charge in [0.2, 0.25) is 5.91 Å². The quantitative estimate of drug-likeness (QED) is 0.538. The number of rotatable bonds is 4. The monoisotopic (exact) mass is 459 g/mol. The molecule has 0 spiro atoms. The van der Waals surface area contributed by atoms with Gasteiger partial charge in [-0.05, 0) is 70.7 Å². The van der Waals surface area contributed by atoms with Crippen molar-refractivity contribution in [2.24, 2.45) is 5.92 Å². The predicted octanol–water partition coefficient (Wildman–Crippen LogP) is 5.21. The number of carbonyl (C=O) groups is 1. The van der Waals surface area contributed by atoms with Crippen LogP contribution in [0.5, 0.6) is 0 Å². The van der Waals surface area contributed by atoms with E-state index in [1.54, 1.807) is 0 Å². The molecule has 3 aromatic rings. The van der Waals surface area contributed by atoms with Gasteiger partial charge in [0.1, 0.15) is 5.69 Å². The molecule has 6 nitrogen and oxygen atoms in total. The van der Waals surface area contributed by atoms with Crippen LogP contribution in [0.15, 0.2) is 42.5 Å². The first-order valence-electron chi connectivity index (χ1n) is 12.9. The summed E-state index contributed by atoms with van der Waals surface area (Å²) in [5.74, 6) is 1.65. The zero-order valence-electron chi connectivity index (χ0n) is 20.8. The largest absolute Gasteiger partial charge is 0.355 e. The van der Waals surface area contributed by atoms with Crippen molar-refractivity contribution in [3.63, 3.8) is 0 Å². The van der Waals surface area contributed by atoms with Gasteiger partial charge < -0.3 is 14.4 Å². The van der Waals surface area contributed by atoms with Crippen molar-refractivity contribution in [2.75, 3.05) is 31.1 Å². The second-order valence-corrected chi connectivity index (χ2v) is 9.96. The Balaban J connectivity index is 1.46. The van der Waals surface area contributed by atoms with E-state index in [-0.39, 0.29) is 5.92 Å². The van der Waals surface area contributed by atoms with Crippen molar-refractivity contribution >= 4 is 11.7 Å². The number of nitrogens with zero attached hydrogens (tertiary/aromatic N) is 5. The summed E-state index contributed by atoms with van der Waals surface area (Å²) >= 11 is 0. The summed E-state index contributed by atoms with van der Waals surface area (Å²) in [6.45, 7) is 10.0. The van der Waals surface area contributed by atoms with Gasteiger partial charge in [0.05, 0.1) is 11.4 Å². The van der Waals surface area contributed by atoms with Crippen LogP contribution >= 0.6 is 0 Å². The van der Waals surface area contributed by atoms with Crippen LogP contribution in [0.25, 0.3) is 11.4 Å². The predicted molar refractivity (Wildman–Crippen MR) is 137 cm³/mol. The van der Waals surface area contributed by atoms with Gasteiger partial charge in [-0.1, -0.05) is 31.0 Å². The molecule has 0 bridgehead atoms. The third kappa shape index (κ3) is 4.26. The lowest BCUT2D eigenvalue weighted by molar-refractivity contribution is -0.136. The molecule has 1 amide bonds. The number of para-hydroxylation sites is 1. The van der Waals surface area contributed by atoms with Crippen LogP contribution in [0, 0.1) is 26.7 Å². The van der Waals surface area contributed by atoms with Gasteiger partial charge in [-0.25, -0.2) is 4.68 Å². The highest BCUT2D eigenvalue weighted by Crippen LogP contribution is 2.35. The van der Waals surface area contributed by atoms with Gasteiger partial charge in [0.25, 0.3) is 0 Å². The molecule has 4 heterocycles. The van der Waals surface area contributed by atoms with Gasteiger partial charge in [0, 0.05) is 43.5 Å². The maximum atomic E-state index is 13.3. The summed E-state index contributed by atoms with van der Waals surface area (Å²) in [4.78, 5) is 17.9. The van der Waals surface area contributed by atoms with E-state index in [1.165, 1.54) is 24.2 Å². The second kappa shape index (κ2) is 9.69. The number of hydrogen-bond acceptors (Lipinski definition) is 3. The Kier molecular flexibility index (Phi) is 6.48. The summed E-state index contributed by atoms with van der Waals surface area (Å²) in [7, 11) is 0. The van der Waals surface area contributed by atoms with E-state index >= 15 is 0 Å². The van der Waals surface area contributed by atoms with Crippen molar-refractivity contribution in [1.29, 1.82) is 0 Å². The first kappa shape index (κ1) is 22.8. The van der Waals surface area contributed by atoms with Crippen molar-refractivity contribution in [3.05, 3.63) is 59.5 Å². The van der Waals surface area contributed by atoms with Crippen LogP contribution in [0.1, 0.15) is 55.6 Å². The van der Waals surface area contributed by atoms with Crippen molar-refractivity contribution in [2.45, 2.75) is 59.3 Å². The summed E-state index contributed by atoms with van der Waals surface area (Å²) in [5, 5.41) is 5.01. The Morgan fingerprint density at radius 1 is 0.824 bits per heavy atom. The molecule has 6 heteroatoms. The van der Waals surface area contributed by atoms with Gasteiger partial charge in [-0.2, -0.15) is 5.10 Å². The Labute approximate surface area is 203 Å². The fourth-order valence-electron chi connectivity index (χ4n) is 5.71. The lowest BCUT2D eigenvalue weighted by atomic mass is 9.95. The SMILES string of the molecule is Cc1nn(-c2ccccc2)c(N2CCC(C(=O)N3CCCCCC3)CC2)c1-n1c(C)ccc1C. The number of carbonyl (C=O) groups excluding carboxylic acids is 1. The number of hydrogen-bond donors (Lipinski definition) is 0. The molecule has 5 rings (SSSR count). The number of piperidine rings is 1. The standard InChI is InChI=1S/C28H37N5O/c1-21-13-14-22(2)32(21)26-23(3)29-33(25-11-7-6-8-12-25)27(26)30-19-15-24(16-20-30)28(34)31-17-9-4-5-10-18-31/h6-8,11-14,24H,4-5,9-10,15-20H2,1-3H3. The Morgan fingerprint density at radius 3 is 2.06 bits per heavy atom. The average Bonchev–Trinajstić information content (AvgIpc) is 3.22. The maximum absolute atomic E-state index is 13.3. The summed E-state index contributed by atoms with van der Waals surface area (Å²) in [6, 6.07) is 14.7. The molecule has 2 aliphatic heterocycles. The van der Waals surface area contributed by atoms with E-state index in [2.05, 4.69) is 76.2 Å². The van der Waals surface area contributed by atoms with Crippen LogP contribution in [0.3, 0.4) is 0 Å². The molecule has 0 radical (unpaired) electrons. The maximum Gasteiger partial charge on any atom is 0.225 e. The summed E-state index contributed by atoms with van der Waals surface area (Å²) < 4.78 is 4.42. The number of anilines is 1. The number of aromatic nitrogens is 3. The molecular formula is C28H37N5O. The van der Waals surface area contributed by atoms with Crippen LogP contribution in [-0.4, -0.2) is 51.3 Å². The van der Waals surface area contributed by atoms with E-state index in [0.29, 0.717) is 5.91 Å². The van der Waals surface area contributed by atoms with Crippen LogP contribution in [0.4, 0.5) is 5.82 Å². The number of aryl methyl sites for hydroxylation is 3. The van der Waals surface area contributed by atoms with Gasteiger partial charge >= 0.3 is 0 Å². The van der Waals surface area contributed by atoms with Gasteiger partial charge in [-0.3, -0.25) is 4.79 Å². The molecule has 0 N–H and O–H groups in total. The molecule has 0 unspecified atom stereocenters. The minimum atomic E-state index is 0.141.